The van der Waals surface area contributed by atoms with Gasteiger partial charge in [0.2, 0.25) is 5.89 Å². The van der Waals surface area contributed by atoms with Gasteiger partial charge in [0.1, 0.15) is 5.82 Å². The van der Waals surface area contributed by atoms with Crippen molar-refractivity contribution in [2.24, 2.45) is 0 Å². The molecule has 2 fully saturated rings. The van der Waals surface area contributed by atoms with Gasteiger partial charge in [-0.05, 0) is 44.4 Å². The Hall–Kier alpha value is -2.75. The Morgan fingerprint density at radius 2 is 1.84 bits per heavy atom. The summed E-state index contributed by atoms with van der Waals surface area (Å²) in [5.41, 5.74) is 0.595. The van der Waals surface area contributed by atoms with E-state index in [4.69, 9.17) is 9.40 Å². The Labute approximate surface area is 175 Å². The molecule has 7 nitrogen and oxygen atoms in total. The van der Waals surface area contributed by atoms with Gasteiger partial charge in [-0.1, -0.05) is 25.0 Å². The first-order valence-corrected chi connectivity index (χ1v) is 10.6. The first kappa shape index (κ1) is 20.2. The lowest BCUT2D eigenvalue weighted by atomic mass is 10.1. The second-order valence-electron chi connectivity index (χ2n) is 8.23. The Morgan fingerprint density at radius 1 is 1.06 bits per heavy atom. The molecule has 1 aliphatic carbocycles. The van der Waals surface area contributed by atoms with Gasteiger partial charge in [-0.3, -0.25) is 14.3 Å². The minimum Gasteiger partial charge on any atom is -0.416 e. The zero-order valence-electron chi connectivity index (χ0n) is 16.8. The highest BCUT2D eigenvalue weighted by Crippen LogP contribution is 2.37. The highest BCUT2D eigenvalue weighted by atomic mass is 19.4. The van der Waals surface area contributed by atoms with E-state index in [1.807, 2.05) is 27.7 Å². The quantitative estimate of drug-likeness (QED) is 0.612. The summed E-state index contributed by atoms with van der Waals surface area (Å²) in [4.78, 5) is 20.3. The average Bonchev–Trinajstić information content (AvgIpc) is 3.50. The van der Waals surface area contributed by atoms with Crippen LogP contribution in [-0.2, 0) is 12.7 Å². The second kappa shape index (κ2) is 7.74. The van der Waals surface area contributed by atoms with E-state index in [1.165, 1.54) is 0 Å². The number of benzene rings is 1. The van der Waals surface area contributed by atoms with Crippen molar-refractivity contribution in [2.45, 2.75) is 63.3 Å². The number of nitrogens with zero attached hydrogens (tertiary/aromatic N) is 5. The molecule has 3 heterocycles. The van der Waals surface area contributed by atoms with Crippen molar-refractivity contribution >= 4 is 10.9 Å². The third-order valence-corrected chi connectivity index (χ3v) is 6.23. The number of likely N-dealkylation sites (tertiary alicyclic amines) is 1. The van der Waals surface area contributed by atoms with Crippen molar-refractivity contribution < 1.29 is 17.6 Å². The van der Waals surface area contributed by atoms with E-state index in [9.17, 15) is 18.0 Å². The van der Waals surface area contributed by atoms with Crippen LogP contribution in [-0.4, -0.2) is 31.2 Å². The van der Waals surface area contributed by atoms with E-state index in [0.29, 0.717) is 23.3 Å². The fourth-order valence-electron chi connectivity index (χ4n) is 4.83. The van der Waals surface area contributed by atoms with Crippen LogP contribution in [0.25, 0.3) is 10.9 Å². The molecule has 3 aromatic rings. The van der Waals surface area contributed by atoms with Crippen molar-refractivity contribution in [1.29, 1.82) is 0 Å². The highest BCUT2D eigenvalue weighted by Gasteiger charge is 2.39. The standard InChI is InChI=1S/C21H22F3N5O2/c22-21(23,24)20-27-26-17(31-20)12-28-11-5-10-16(28)18-25-15-9-4-3-8-14(15)19(30)29(18)13-6-1-2-7-13/h3-4,8-9,13,16H,1-2,5-7,10-12H2. The average molecular weight is 433 g/mol. The van der Waals surface area contributed by atoms with Crippen LogP contribution in [0.4, 0.5) is 13.2 Å². The van der Waals surface area contributed by atoms with Crippen LogP contribution in [0.2, 0.25) is 0 Å². The van der Waals surface area contributed by atoms with Gasteiger partial charge in [-0.2, -0.15) is 13.2 Å². The van der Waals surface area contributed by atoms with Gasteiger partial charge in [0.15, 0.2) is 0 Å². The summed E-state index contributed by atoms with van der Waals surface area (Å²) >= 11 is 0. The molecular formula is C21H22F3N5O2. The monoisotopic (exact) mass is 433 g/mol. The van der Waals surface area contributed by atoms with Crippen molar-refractivity contribution in [3.05, 3.63) is 52.2 Å². The molecule has 0 bridgehead atoms. The Morgan fingerprint density at radius 3 is 2.58 bits per heavy atom. The number of alkyl halides is 3. The first-order valence-electron chi connectivity index (χ1n) is 10.6. The third-order valence-electron chi connectivity index (χ3n) is 6.23. The van der Waals surface area contributed by atoms with Crippen LogP contribution in [0.15, 0.2) is 33.5 Å². The summed E-state index contributed by atoms with van der Waals surface area (Å²) in [6, 6.07) is 7.21. The van der Waals surface area contributed by atoms with Crippen molar-refractivity contribution in [3.8, 4) is 0 Å². The second-order valence-corrected chi connectivity index (χ2v) is 8.23. The van der Waals surface area contributed by atoms with Gasteiger partial charge in [-0.15, -0.1) is 10.2 Å². The molecule has 1 saturated carbocycles. The number of hydrogen-bond donors (Lipinski definition) is 0. The zero-order valence-corrected chi connectivity index (χ0v) is 16.8. The molecule has 1 aromatic carbocycles. The predicted octanol–water partition coefficient (Wildman–Crippen LogP) is 4.25. The SMILES string of the molecule is O=c1c2ccccc2nc(C2CCCN2Cc2nnc(C(F)(F)F)o2)n1C1CCCC1. The van der Waals surface area contributed by atoms with E-state index in [2.05, 4.69) is 10.2 Å². The molecule has 2 aromatic heterocycles. The molecular weight excluding hydrogens is 411 g/mol. The summed E-state index contributed by atoms with van der Waals surface area (Å²) in [7, 11) is 0. The van der Waals surface area contributed by atoms with Crippen LogP contribution >= 0.6 is 0 Å². The Balaban J connectivity index is 1.53. The number of rotatable bonds is 4. The van der Waals surface area contributed by atoms with Gasteiger partial charge in [0.05, 0.1) is 23.5 Å². The summed E-state index contributed by atoms with van der Waals surface area (Å²) in [5.74, 6) is -0.747. The maximum atomic E-state index is 13.4. The maximum Gasteiger partial charge on any atom is 0.470 e. The van der Waals surface area contributed by atoms with Gasteiger partial charge in [0, 0.05) is 6.04 Å². The molecule has 10 heteroatoms. The molecule has 0 N–H and O–H groups in total. The molecule has 31 heavy (non-hydrogen) atoms. The van der Waals surface area contributed by atoms with Gasteiger partial charge >= 0.3 is 12.1 Å². The van der Waals surface area contributed by atoms with Crippen LogP contribution in [0, 0.1) is 0 Å². The van der Waals surface area contributed by atoms with Crippen molar-refractivity contribution in [3.63, 3.8) is 0 Å². The van der Waals surface area contributed by atoms with Crippen LogP contribution in [0.5, 0.6) is 0 Å². The topological polar surface area (TPSA) is 77.1 Å². The van der Waals surface area contributed by atoms with E-state index < -0.39 is 12.1 Å². The number of hydrogen-bond acceptors (Lipinski definition) is 6. The zero-order chi connectivity index (χ0) is 21.6. The smallest absolute Gasteiger partial charge is 0.416 e. The summed E-state index contributed by atoms with van der Waals surface area (Å²) in [6.07, 6.45) is 0.936. The van der Waals surface area contributed by atoms with E-state index >= 15 is 0 Å². The molecule has 164 valence electrons. The molecule has 1 saturated heterocycles. The highest BCUT2D eigenvalue weighted by molar-refractivity contribution is 5.77. The fraction of sp³-hybridized carbons (Fsp3) is 0.524. The number of fused-ring (bicyclic) bond motifs is 1. The molecule has 5 rings (SSSR count). The maximum absolute atomic E-state index is 13.4. The molecule has 1 unspecified atom stereocenters. The molecule has 2 aliphatic rings. The molecule has 1 atom stereocenters. The number of para-hydroxylation sites is 1. The first-order chi connectivity index (χ1) is 14.9. The minimum atomic E-state index is -4.67. The van der Waals surface area contributed by atoms with E-state index in [1.54, 1.807) is 6.07 Å². The Kier molecular flexibility index (Phi) is 5.04. The van der Waals surface area contributed by atoms with E-state index in [0.717, 1.165) is 38.5 Å². The van der Waals surface area contributed by atoms with Crippen molar-refractivity contribution in [1.82, 2.24) is 24.6 Å². The van der Waals surface area contributed by atoms with Crippen LogP contribution < -0.4 is 5.56 Å². The molecule has 1 aliphatic heterocycles. The largest absolute Gasteiger partial charge is 0.470 e. The van der Waals surface area contributed by atoms with Crippen LogP contribution in [0.3, 0.4) is 0 Å². The third kappa shape index (κ3) is 3.73. The Bertz CT molecular complexity index is 1150. The van der Waals surface area contributed by atoms with Gasteiger partial charge < -0.3 is 4.42 Å². The molecule has 0 amide bonds. The van der Waals surface area contributed by atoms with E-state index in [-0.39, 0.29) is 30.1 Å². The lowest BCUT2D eigenvalue weighted by Crippen LogP contribution is -2.33. The van der Waals surface area contributed by atoms with Crippen molar-refractivity contribution in [2.75, 3.05) is 6.54 Å². The fourth-order valence-corrected chi connectivity index (χ4v) is 4.83. The molecule has 0 spiro atoms. The van der Waals surface area contributed by atoms with Gasteiger partial charge in [0.25, 0.3) is 5.56 Å². The number of aromatic nitrogens is 4. The summed E-state index contributed by atoms with van der Waals surface area (Å²) in [6.45, 7) is 0.739. The molecule has 0 radical (unpaired) electrons. The minimum absolute atomic E-state index is 0.0449. The van der Waals surface area contributed by atoms with Crippen LogP contribution in [0.1, 0.15) is 68.2 Å². The number of halogens is 3. The van der Waals surface area contributed by atoms with Gasteiger partial charge in [-0.25, -0.2) is 4.98 Å². The summed E-state index contributed by atoms with van der Waals surface area (Å²) < 4.78 is 45.1. The lowest BCUT2D eigenvalue weighted by molar-refractivity contribution is -0.157. The predicted molar refractivity (Wildman–Crippen MR) is 105 cm³/mol. The normalized spacial score (nSPS) is 20.8. The lowest BCUT2D eigenvalue weighted by Gasteiger charge is -2.27. The summed E-state index contributed by atoms with van der Waals surface area (Å²) in [5, 5.41) is 7.29.